The first-order chi connectivity index (χ1) is 12.1. The van der Waals surface area contributed by atoms with Gasteiger partial charge in [0.15, 0.2) is 0 Å². The molecule has 1 fully saturated rings. The maximum atomic E-state index is 11.9. The molecule has 2 aliphatic rings. The second-order valence-corrected chi connectivity index (χ2v) is 8.16. The summed E-state index contributed by atoms with van der Waals surface area (Å²) in [6.45, 7) is 1.44. The minimum absolute atomic E-state index is 0.0367. The van der Waals surface area contributed by atoms with Crippen LogP contribution in [0.5, 0.6) is 11.5 Å². The van der Waals surface area contributed by atoms with Crippen molar-refractivity contribution in [3.63, 3.8) is 0 Å². The van der Waals surface area contributed by atoms with Crippen LogP contribution in [0.15, 0.2) is 59.0 Å². The highest BCUT2D eigenvalue weighted by atomic mass is 32.2. The number of benzene rings is 2. The molecule has 1 saturated heterocycles. The Bertz CT molecular complexity index is 877. The first kappa shape index (κ1) is 16.1. The van der Waals surface area contributed by atoms with Gasteiger partial charge in [-0.3, -0.25) is 0 Å². The second kappa shape index (κ2) is 6.52. The number of para-hydroxylation sites is 1. The number of fused-ring (bicyclic) bond motifs is 1. The molecule has 1 atom stereocenters. The average Bonchev–Trinajstić information content (AvgIpc) is 2.62. The quantitative estimate of drug-likeness (QED) is 0.846. The average molecular weight is 356 g/mol. The van der Waals surface area contributed by atoms with E-state index in [1.54, 1.807) is 0 Å². The number of hydrogen-bond donors (Lipinski definition) is 0. The van der Waals surface area contributed by atoms with Crippen LogP contribution >= 0.6 is 0 Å². The number of rotatable bonds is 3. The summed E-state index contributed by atoms with van der Waals surface area (Å²) in [5.41, 5.74) is 1.08. The van der Waals surface area contributed by atoms with E-state index in [9.17, 15) is 8.42 Å². The Morgan fingerprint density at radius 1 is 0.960 bits per heavy atom. The van der Waals surface area contributed by atoms with Crippen molar-refractivity contribution in [2.24, 2.45) is 4.40 Å². The smallest absolute Gasteiger partial charge is 0.256 e. The predicted molar refractivity (Wildman–Crippen MR) is 97.7 cm³/mol. The monoisotopic (exact) mass is 356 g/mol. The molecule has 0 radical (unpaired) electrons. The van der Waals surface area contributed by atoms with Gasteiger partial charge in [0.2, 0.25) is 0 Å². The summed E-state index contributed by atoms with van der Waals surface area (Å²) in [7, 11) is -3.32. The van der Waals surface area contributed by atoms with Gasteiger partial charge in [-0.1, -0.05) is 30.3 Å². The molecule has 0 aromatic heterocycles. The molecular formula is C19H20N2O3S. The first-order valence-electron chi connectivity index (χ1n) is 8.51. The van der Waals surface area contributed by atoms with Crippen molar-refractivity contribution in [1.29, 1.82) is 0 Å². The van der Waals surface area contributed by atoms with Crippen molar-refractivity contribution in [3.05, 3.63) is 60.2 Å². The van der Waals surface area contributed by atoms with Crippen molar-refractivity contribution < 1.29 is 13.2 Å². The molecule has 1 unspecified atom stereocenters. The zero-order valence-electron chi connectivity index (χ0n) is 13.8. The van der Waals surface area contributed by atoms with E-state index in [0.29, 0.717) is 12.4 Å². The lowest BCUT2D eigenvalue weighted by Crippen LogP contribution is -2.46. The molecule has 25 heavy (non-hydrogen) atoms. The predicted octanol–water partition coefficient (Wildman–Crippen LogP) is 3.40. The molecule has 0 amide bonds. The lowest BCUT2D eigenvalue weighted by Gasteiger charge is -2.37. The van der Waals surface area contributed by atoms with E-state index >= 15 is 0 Å². The van der Waals surface area contributed by atoms with Crippen LogP contribution in [0.2, 0.25) is 0 Å². The molecule has 4 rings (SSSR count). The highest BCUT2D eigenvalue weighted by Gasteiger charge is 2.33. The van der Waals surface area contributed by atoms with Crippen molar-refractivity contribution in [2.75, 3.05) is 18.8 Å². The van der Waals surface area contributed by atoms with Gasteiger partial charge in [-0.2, -0.15) is 0 Å². The van der Waals surface area contributed by atoms with E-state index in [-0.39, 0.29) is 11.7 Å². The summed E-state index contributed by atoms with van der Waals surface area (Å²) in [6.07, 6.45) is 1.97. The van der Waals surface area contributed by atoms with Crippen LogP contribution in [-0.2, 0) is 10.0 Å². The van der Waals surface area contributed by atoms with Gasteiger partial charge in [0.05, 0.1) is 5.75 Å². The van der Waals surface area contributed by atoms with Crippen LogP contribution in [0.3, 0.4) is 0 Å². The number of amidine groups is 1. The Balaban J connectivity index is 1.58. The molecule has 2 aliphatic heterocycles. The second-order valence-electron chi connectivity index (χ2n) is 6.40. The van der Waals surface area contributed by atoms with E-state index in [2.05, 4.69) is 9.30 Å². The number of hydrogen-bond acceptors (Lipinski definition) is 4. The highest BCUT2D eigenvalue weighted by Crippen LogP contribution is 2.32. The maximum Gasteiger partial charge on any atom is 0.256 e. The van der Waals surface area contributed by atoms with Crippen LogP contribution in [-0.4, -0.2) is 38.0 Å². The van der Waals surface area contributed by atoms with Gasteiger partial charge in [0.25, 0.3) is 10.0 Å². The highest BCUT2D eigenvalue weighted by molar-refractivity contribution is 7.90. The van der Waals surface area contributed by atoms with Crippen LogP contribution in [0.1, 0.15) is 24.3 Å². The molecule has 0 saturated carbocycles. The van der Waals surface area contributed by atoms with Gasteiger partial charge in [0.1, 0.15) is 17.3 Å². The van der Waals surface area contributed by atoms with Gasteiger partial charge in [-0.25, -0.2) is 8.42 Å². The fourth-order valence-electron chi connectivity index (χ4n) is 3.42. The Kier molecular flexibility index (Phi) is 4.21. The Hall–Kier alpha value is -2.34. The molecule has 130 valence electrons. The summed E-state index contributed by atoms with van der Waals surface area (Å²) in [5.74, 6) is 2.42. The minimum Gasteiger partial charge on any atom is -0.457 e. The van der Waals surface area contributed by atoms with Gasteiger partial charge in [-0.05, 0) is 42.7 Å². The van der Waals surface area contributed by atoms with E-state index < -0.39 is 10.0 Å². The summed E-state index contributed by atoms with van der Waals surface area (Å²) >= 11 is 0. The molecule has 2 heterocycles. The van der Waals surface area contributed by atoms with Crippen LogP contribution < -0.4 is 4.74 Å². The van der Waals surface area contributed by atoms with Gasteiger partial charge in [0, 0.05) is 19.0 Å². The molecular weight excluding hydrogens is 336 g/mol. The third-order valence-electron chi connectivity index (χ3n) is 4.67. The normalized spacial score (nSPS) is 22.0. The first-order valence-corrected chi connectivity index (χ1v) is 10.1. The molecule has 2 aromatic rings. The summed E-state index contributed by atoms with van der Waals surface area (Å²) in [4.78, 5) is 2.11. The summed E-state index contributed by atoms with van der Waals surface area (Å²) in [5, 5.41) is 0. The standard InChI is InChI=1S/C19H20N2O3S/c22-25(23)14-13-21-12-4-7-18(19(21)20-25)15-8-10-17(11-9-15)24-16-5-2-1-3-6-16/h1-3,5-6,8-11,18H,4,7,12-14H2. The van der Waals surface area contributed by atoms with Crippen molar-refractivity contribution in [3.8, 4) is 11.5 Å². The Morgan fingerprint density at radius 3 is 2.44 bits per heavy atom. The van der Waals surface area contributed by atoms with E-state index in [0.717, 1.165) is 36.4 Å². The van der Waals surface area contributed by atoms with E-state index in [1.807, 2.05) is 54.6 Å². The fourth-order valence-corrected chi connectivity index (χ4v) is 4.49. The molecule has 6 heteroatoms. The molecule has 0 bridgehead atoms. The van der Waals surface area contributed by atoms with Gasteiger partial charge >= 0.3 is 0 Å². The van der Waals surface area contributed by atoms with Gasteiger partial charge in [-0.15, -0.1) is 4.40 Å². The van der Waals surface area contributed by atoms with Crippen LogP contribution in [0, 0.1) is 0 Å². The molecule has 5 nitrogen and oxygen atoms in total. The molecule has 2 aromatic carbocycles. The van der Waals surface area contributed by atoms with Crippen molar-refractivity contribution in [2.45, 2.75) is 18.8 Å². The largest absolute Gasteiger partial charge is 0.457 e. The van der Waals surface area contributed by atoms with E-state index in [1.165, 1.54) is 0 Å². The zero-order chi connectivity index (χ0) is 17.3. The molecule has 0 aliphatic carbocycles. The number of ether oxygens (including phenoxy) is 1. The Morgan fingerprint density at radius 2 is 1.68 bits per heavy atom. The molecule has 0 spiro atoms. The minimum atomic E-state index is -3.32. The summed E-state index contributed by atoms with van der Waals surface area (Å²) in [6, 6.07) is 17.5. The topological polar surface area (TPSA) is 59.0 Å². The zero-order valence-corrected chi connectivity index (χ0v) is 14.7. The molecule has 0 N–H and O–H groups in total. The van der Waals surface area contributed by atoms with Crippen molar-refractivity contribution in [1.82, 2.24) is 4.90 Å². The third-order valence-corrected chi connectivity index (χ3v) is 5.83. The SMILES string of the molecule is O=S1(=O)CCN2CCCC(c3ccc(Oc4ccccc4)cc3)C2=N1. The fraction of sp³-hybridized carbons (Fsp3) is 0.316. The van der Waals surface area contributed by atoms with E-state index in [4.69, 9.17) is 4.74 Å². The van der Waals surface area contributed by atoms with Gasteiger partial charge < -0.3 is 9.64 Å². The number of nitrogens with zero attached hydrogens (tertiary/aromatic N) is 2. The maximum absolute atomic E-state index is 11.9. The van der Waals surface area contributed by atoms with Crippen LogP contribution in [0.25, 0.3) is 0 Å². The number of sulfonamides is 1. The van der Waals surface area contributed by atoms with Crippen LogP contribution in [0.4, 0.5) is 0 Å². The summed E-state index contributed by atoms with van der Waals surface area (Å²) < 4.78 is 33.7. The lowest BCUT2D eigenvalue weighted by atomic mass is 9.89. The lowest BCUT2D eigenvalue weighted by molar-refractivity contribution is 0.366. The Labute approximate surface area is 148 Å². The number of piperidine rings is 1. The third kappa shape index (κ3) is 3.54. The van der Waals surface area contributed by atoms with Crippen molar-refractivity contribution >= 4 is 15.9 Å².